The molecule has 0 radical (unpaired) electrons. The fourth-order valence-electron chi connectivity index (χ4n) is 1.57. The third-order valence-electron chi connectivity index (χ3n) is 2.43. The third kappa shape index (κ3) is 3.96. The van der Waals surface area contributed by atoms with E-state index in [-0.39, 0.29) is 17.7 Å². The topological polar surface area (TPSA) is 66.5 Å². The summed E-state index contributed by atoms with van der Waals surface area (Å²) in [5, 5.41) is 2.65. The summed E-state index contributed by atoms with van der Waals surface area (Å²) in [6, 6.07) is 0. The average molecular weight is 255 g/mol. The Kier molecular flexibility index (Phi) is 4.36. The molecule has 0 unspecified atom stereocenters. The summed E-state index contributed by atoms with van der Waals surface area (Å²) in [6.07, 6.45) is 1.99. The number of carbonyl (C=O) groups excluding carboxylic acids is 1. The zero-order valence-corrected chi connectivity index (χ0v) is 10.1. The van der Waals surface area contributed by atoms with Crippen LogP contribution in [0, 0.1) is 5.92 Å². The van der Waals surface area contributed by atoms with Gasteiger partial charge in [-0.05, 0) is 12.3 Å². The Hall–Kier alpha value is -0.330. The van der Waals surface area contributed by atoms with Gasteiger partial charge < -0.3 is 5.32 Å². The van der Waals surface area contributed by atoms with Gasteiger partial charge in [0.2, 0.25) is 15.9 Å². The summed E-state index contributed by atoms with van der Waals surface area (Å²) in [6.45, 7) is 1.53. The van der Waals surface area contributed by atoms with E-state index in [1.165, 1.54) is 10.6 Å². The van der Waals surface area contributed by atoms with Gasteiger partial charge in [0.1, 0.15) is 5.88 Å². The van der Waals surface area contributed by atoms with E-state index in [2.05, 4.69) is 5.32 Å². The number of halogens is 1. The maximum Gasteiger partial charge on any atom is 0.234 e. The highest BCUT2D eigenvalue weighted by Crippen LogP contribution is 2.17. The maximum atomic E-state index is 11.2. The lowest BCUT2D eigenvalue weighted by atomic mass is 10.1. The molecule has 1 fully saturated rings. The van der Waals surface area contributed by atoms with Crippen LogP contribution in [0.3, 0.4) is 0 Å². The summed E-state index contributed by atoms with van der Waals surface area (Å²) in [5.74, 6) is -0.0657. The van der Waals surface area contributed by atoms with Crippen molar-refractivity contribution in [2.24, 2.45) is 5.92 Å². The molecule has 0 saturated carbocycles. The molecule has 1 N–H and O–H groups in total. The highest BCUT2D eigenvalue weighted by Gasteiger charge is 2.28. The van der Waals surface area contributed by atoms with E-state index in [0.29, 0.717) is 19.6 Å². The van der Waals surface area contributed by atoms with Gasteiger partial charge in [-0.25, -0.2) is 12.7 Å². The molecule has 1 heterocycles. The Bertz CT molecular complexity index is 331. The first-order chi connectivity index (χ1) is 6.93. The van der Waals surface area contributed by atoms with Crippen molar-refractivity contribution < 1.29 is 13.2 Å². The van der Waals surface area contributed by atoms with Crippen molar-refractivity contribution in [1.82, 2.24) is 9.62 Å². The van der Waals surface area contributed by atoms with Gasteiger partial charge in [0.25, 0.3) is 0 Å². The monoisotopic (exact) mass is 254 g/mol. The van der Waals surface area contributed by atoms with Crippen LogP contribution >= 0.6 is 11.6 Å². The predicted octanol–water partition coefficient (Wildman–Crippen LogP) is -0.377. The molecule has 0 aromatic rings. The zero-order chi connectivity index (χ0) is 11.5. The molecule has 0 aromatic carbocycles. The minimum Gasteiger partial charge on any atom is -0.355 e. The predicted molar refractivity (Wildman–Crippen MR) is 58.3 cm³/mol. The summed E-state index contributed by atoms with van der Waals surface area (Å²) < 4.78 is 23.8. The number of rotatable bonds is 4. The molecule has 0 aliphatic carbocycles. The van der Waals surface area contributed by atoms with Crippen molar-refractivity contribution in [3.05, 3.63) is 0 Å². The lowest BCUT2D eigenvalue weighted by Crippen LogP contribution is -2.33. The van der Waals surface area contributed by atoms with Gasteiger partial charge in [-0.3, -0.25) is 4.79 Å². The fourth-order valence-corrected chi connectivity index (χ4v) is 2.58. The molecule has 1 aliphatic heterocycles. The van der Waals surface area contributed by atoms with Gasteiger partial charge in [0, 0.05) is 19.6 Å². The molecule has 88 valence electrons. The number of alkyl halides is 1. The number of carbonyl (C=O) groups is 1. The smallest absolute Gasteiger partial charge is 0.234 e. The molecular formula is C8H15ClN2O3S. The lowest BCUT2D eigenvalue weighted by Gasteiger charge is -2.13. The second-order valence-corrected chi connectivity index (χ2v) is 5.96. The van der Waals surface area contributed by atoms with Crippen molar-refractivity contribution in [1.29, 1.82) is 0 Å². The van der Waals surface area contributed by atoms with Crippen molar-refractivity contribution >= 4 is 27.5 Å². The third-order valence-corrected chi connectivity index (χ3v) is 3.94. The lowest BCUT2D eigenvalue weighted by molar-refractivity contribution is -0.118. The molecule has 0 bridgehead atoms. The van der Waals surface area contributed by atoms with Gasteiger partial charge in [-0.1, -0.05) is 0 Å². The van der Waals surface area contributed by atoms with Gasteiger partial charge >= 0.3 is 0 Å². The molecule has 1 rings (SSSR count). The largest absolute Gasteiger partial charge is 0.355 e. The fraction of sp³-hybridized carbons (Fsp3) is 0.875. The highest BCUT2D eigenvalue weighted by atomic mass is 35.5. The van der Waals surface area contributed by atoms with Crippen LogP contribution < -0.4 is 5.32 Å². The second kappa shape index (κ2) is 5.14. The van der Waals surface area contributed by atoms with Crippen LogP contribution in [0.5, 0.6) is 0 Å². The standard InChI is InChI=1S/C8H15ClN2O3S/c1-15(13,14)11-3-2-7(6-11)5-10-8(12)4-9/h7H,2-6H2,1H3,(H,10,12)/t7-/m1/s1. The van der Waals surface area contributed by atoms with Gasteiger partial charge in [-0.2, -0.15) is 0 Å². The molecule has 7 heteroatoms. The van der Waals surface area contributed by atoms with Crippen molar-refractivity contribution in [2.45, 2.75) is 6.42 Å². The number of amides is 1. The Labute approximate surface area is 94.8 Å². The van der Waals surface area contributed by atoms with Crippen LogP contribution in [0.1, 0.15) is 6.42 Å². The molecule has 15 heavy (non-hydrogen) atoms. The second-order valence-electron chi connectivity index (χ2n) is 3.71. The molecule has 5 nitrogen and oxygen atoms in total. The Balaban J connectivity index is 2.34. The number of hydrogen-bond donors (Lipinski definition) is 1. The minimum atomic E-state index is -3.09. The van der Waals surface area contributed by atoms with Crippen molar-refractivity contribution in [2.75, 3.05) is 31.8 Å². The quantitative estimate of drug-likeness (QED) is 0.696. The summed E-state index contributed by atoms with van der Waals surface area (Å²) in [4.78, 5) is 10.9. The van der Waals surface area contributed by atoms with E-state index in [4.69, 9.17) is 11.6 Å². The summed E-state index contributed by atoms with van der Waals surface area (Å²) in [7, 11) is -3.09. The Morgan fingerprint density at radius 2 is 2.27 bits per heavy atom. The van der Waals surface area contributed by atoms with Crippen molar-refractivity contribution in [3.8, 4) is 0 Å². The van der Waals surface area contributed by atoms with Crippen LogP contribution in [-0.2, 0) is 14.8 Å². The van der Waals surface area contributed by atoms with E-state index < -0.39 is 10.0 Å². The normalized spacial score (nSPS) is 22.9. The van der Waals surface area contributed by atoms with E-state index in [1.54, 1.807) is 0 Å². The SMILES string of the molecule is CS(=O)(=O)N1CC[C@H](CNC(=O)CCl)C1. The van der Waals surface area contributed by atoms with E-state index >= 15 is 0 Å². The van der Waals surface area contributed by atoms with Gasteiger partial charge in [0.05, 0.1) is 6.26 Å². The first-order valence-corrected chi connectivity index (χ1v) is 7.09. The number of nitrogens with zero attached hydrogens (tertiary/aromatic N) is 1. The molecule has 0 aromatic heterocycles. The number of nitrogens with one attached hydrogen (secondary N) is 1. The molecule has 1 saturated heterocycles. The summed E-state index contributed by atoms with van der Waals surface area (Å²) in [5.41, 5.74) is 0. The van der Waals surface area contributed by atoms with Gasteiger partial charge in [-0.15, -0.1) is 11.6 Å². The van der Waals surface area contributed by atoms with E-state index in [0.717, 1.165) is 6.42 Å². The Morgan fingerprint density at radius 1 is 1.60 bits per heavy atom. The molecule has 1 amide bonds. The van der Waals surface area contributed by atoms with Crippen LogP contribution in [0.4, 0.5) is 0 Å². The van der Waals surface area contributed by atoms with Crippen LogP contribution in [0.15, 0.2) is 0 Å². The highest BCUT2D eigenvalue weighted by molar-refractivity contribution is 7.88. The molecule has 1 atom stereocenters. The molecule has 1 aliphatic rings. The van der Waals surface area contributed by atoms with Crippen molar-refractivity contribution in [3.63, 3.8) is 0 Å². The van der Waals surface area contributed by atoms with Crippen LogP contribution in [-0.4, -0.2) is 50.4 Å². The van der Waals surface area contributed by atoms with Crippen LogP contribution in [0.25, 0.3) is 0 Å². The van der Waals surface area contributed by atoms with E-state index in [9.17, 15) is 13.2 Å². The molecular weight excluding hydrogens is 240 g/mol. The maximum absolute atomic E-state index is 11.2. The molecule has 0 spiro atoms. The summed E-state index contributed by atoms with van der Waals surface area (Å²) >= 11 is 5.32. The first-order valence-electron chi connectivity index (χ1n) is 4.71. The number of sulfonamides is 1. The number of hydrogen-bond acceptors (Lipinski definition) is 3. The van der Waals surface area contributed by atoms with Gasteiger partial charge in [0.15, 0.2) is 0 Å². The van der Waals surface area contributed by atoms with Crippen LogP contribution in [0.2, 0.25) is 0 Å². The average Bonchev–Trinajstić information content (AvgIpc) is 2.61. The zero-order valence-electron chi connectivity index (χ0n) is 8.57. The Morgan fingerprint density at radius 3 is 2.73 bits per heavy atom. The minimum absolute atomic E-state index is 0.0531. The van der Waals surface area contributed by atoms with E-state index in [1.807, 2.05) is 0 Å². The first kappa shape index (κ1) is 12.7.